The number of benzene rings is 1. The molecule has 306 valence electrons. The minimum atomic E-state index is -1.08. The lowest BCUT2D eigenvalue weighted by atomic mass is 9.95. The molecule has 0 spiro atoms. The number of ether oxygens (including phenoxy) is 4. The van der Waals surface area contributed by atoms with Gasteiger partial charge in [-0.3, -0.25) is 14.5 Å². The number of rotatable bonds is 23. The molecule has 4 rings (SSSR count). The van der Waals surface area contributed by atoms with Crippen molar-refractivity contribution in [3.8, 4) is 0 Å². The number of carboxylic acid groups (broad SMARTS) is 1. The molecule has 1 aliphatic heterocycles. The Bertz CT molecular complexity index is 1500. The quantitative estimate of drug-likeness (QED) is 0.140. The van der Waals surface area contributed by atoms with E-state index in [4.69, 9.17) is 35.7 Å². The van der Waals surface area contributed by atoms with Gasteiger partial charge in [0, 0.05) is 76.0 Å². The van der Waals surface area contributed by atoms with Crippen molar-refractivity contribution in [2.24, 2.45) is 0 Å². The van der Waals surface area contributed by atoms with Gasteiger partial charge >= 0.3 is 6.09 Å². The zero-order chi connectivity index (χ0) is 39.7. The predicted octanol–water partition coefficient (Wildman–Crippen LogP) is 2.61. The summed E-state index contributed by atoms with van der Waals surface area (Å²) in [6, 6.07) is 7.59. The van der Waals surface area contributed by atoms with E-state index in [0.717, 1.165) is 16.9 Å². The maximum absolute atomic E-state index is 14.3. The van der Waals surface area contributed by atoms with Gasteiger partial charge in [-0.25, -0.2) is 14.8 Å². The highest BCUT2D eigenvalue weighted by Gasteiger charge is 2.35. The average molecular weight is 792 g/mol. The van der Waals surface area contributed by atoms with E-state index in [0.29, 0.717) is 96.0 Å². The van der Waals surface area contributed by atoms with Crippen LogP contribution in [0.15, 0.2) is 30.6 Å². The van der Waals surface area contributed by atoms with Crippen LogP contribution in [-0.4, -0.2) is 171 Å². The molecule has 1 aliphatic carbocycles. The van der Waals surface area contributed by atoms with Crippen molar-refractivity contribution in [1.82, 2.24) is 30.0 Å². The normalized spacial score (nSPS) is 17.5. The Morgan fingerprint density at radius 1 is 0.927 bits per heavy atom. The minimum Gasteiger partial charge on any atom is -0.465 e. The number of carbonyl (C=O) groups excluding carboxylic acids is 2. The zero-order valence-corrected chi connectivity index (χ0v) is 33.3. The number of fused-ring (bicyclic) bond motifs is 1. The summed E-state index contributed by atoms with van der Waals surface area (Å²) >= 11 is 6.24. The topological polar surface area (TPSA) is 179 Å². The summed E-state index contributed by atoms with van der Waals surface area (Å²) in [4.78, 5) is 54.5. The first-order valence-corrected chi connectivity index (χ1v) is 19.4. The third-order valence-corrected chi connectivity index (χ3v) is 10.2. The van der Waals surface area contributed by atoms with Crippen molar-refractivity contribution in [3.63, 3.8) is 0 Å². The third kappa shape index (κ3) is 13.8. The van der Waals surface area contributed by atoms with Crippen LogP contribution in [0.4, 0.5) is 10.6 Å². The SMILES string of the molecule is CC(C)N(CCN(C)C(=O)COCCOCCOCCOCCNC(=O)O)CC(C(=O)N1CCN(c2ncnc3c2[C@H](C)C[C@H]3O)CC1)c1ccc(Cl)cc1. The fraction of sp³-hybridized carbons (Fsp3) is 0.658. The molecule has 17 heteroatoms. The van der Waals surface area contributed by atoms with Gasteiger partial charge in [-0.2, -0.15) is 0 Å². The standard InChI is InChI=1S/C38H58ClN7O9/c1-27(2)46(11-10-43(4)33(48)25-55-22-21-54-20-19-53-18-17-52-16-9-40-38(50)51)24-31(29-5-7-30(39)8-6-29)37(49)45-14-12-44(13-15-45)36-34-28(3)23-32(47)35(34)41-26-42-36/h5-8,26-28,31-32,40,47H,9-25H2,1-4H3,(H,50,51)/t28-,31?,32-/m1/s1. The molecule has 55 heavy (non-hydrogen) atoms. The second-order valence-electron chi connectivity index (χ2n) is 14.1. The van der Waals surface area contributed by atoms with Crippen molar-refractivity contribution >= 4 is 35.3 Å². The number of hydrogen-bond acceptors (Lipinski definition) is 12. The van der Waals surface area contributed by atoms with Crippen LogP contribution in [0.2, 0.25) is 5.02 Å². The number of amides is 3. The van der Waals surface area contributed by atoms with Crippen LogP contribution in [0, 0.1) is 0 Å². The highest BCUT2D eigenvalue weighted by molar-refractivity contribution is 6.30. The molecule has 1 unspecified atom stereocenters. The van der Waals surface area contributed by atoms with Gasteiger partial charge in [0.05, 0.1) is 64.0 Å². The number of likely N-dealkylation sites (N-methyl/N-ethyl adjacent to an activating group) is 1. The van der Waals surface area contributed by atoms with E-state index in [1.54, 1.807) is 11.9 Å². The lowest BCUT2D eigenvalue weighted by molar-refractivity contribution is -0.136. The molecule has 16 nitrogen and oxygen atoms in total. The Morgan fingerprint density at radius 2 is 1.55 bits per heavy atom. The van der Waals surface area contributed by atoms with Gasteiger partial charge in [-0.05, 0) is 43.9 Å². The lowest BCUT2D eigenvalue weighted by Gasteiger charge is -2.39. The fourth-order valence-electron chi connectivity index (χ4n) is 6.69. The Kier molecular flexibility index (Phi) is 18.3. The van der Waals surface area contributed by atoms with Crippen molar-refractivity contribution in [3.05, 3.63) is 52.4 Å². The molecule has 0 bridgehead atoms. The maximum Gasteiger partial charge on any atom is 0.404 e. The van der Waals surface area contributed by atoms with E-state index in [1.807, 2.05) is 29.2 Å². The van der Waals surface area contributed by atoms with Crippen LogP contribution in [-0.2, 0) is 28.5 Å². The van der Waals surface area contributed by atoms with Crippen LogP contribution in [0.3, 0.4) is 0 Å². The van der Waals surface area contributed by atoms with Gasteiger partial charge < -0.3 is 49.2 Å². The smallest absolute Gasteiger partial charge is 0.404 e. The van der Waals surface area contributed by atoms with E-state index in [1.165, 1.54) is 6.33 Å². The molecular weight excluding hydrogens is 734 g/mol. The van der Waals surface area contributed by atoms with Gasteiger partial charge in [0.2, 0.25) is 11.8 Å². The second-order valence-corrected chi connectivity index (χ2v) is 14.5. The summed E-state index contributed by atoms with van der Waals surface area (Å²) in [6.07, 6.45) is 0.502. The summed E-state index contributed by atoms with van der Waals surface area (Å²) in [7, 11) is 1.75. The van der Waals surface area contributed by atoms with Crippen LogP contribution in [0.1, 0.15) is 62.0 Å². The summed E-state index contributed by atoms with van der Waals surface area (Å²) < 4.78 is 21.7. The molecular formula is C38H58ClN7O9. The van der Waals surface area contributed by atoms with Gasteiger partial charge in [-0.1, -0.05) is 30.7 Å². The number of nitrogens with one attached hydrogen (secondary N) is 1. The summed E-state index contributed by atoms with van der Waals surface area (Å²) in [5.74, 6) is 0.490. The molecule has 3 N–H and O–H groups in total. The van der Waals surface area contributed by atoms with Crippen LogP contribution < -0.4 is 10.2 Å². The third-order valence-electron chi connectivity index (χ3n) is 9.90. The van der Waals surface area contributed by atoms with Crippen molar-refractivity contribution in [2.45, 2.75) is 51.2 Å². The molecule has 1 aromatic heterocycles. The molecule has 0 saturated carbocycles. The van der Waals surface area contributed by atoms with Crippen molar-refractivity contribution in [1.29, 1.82) is 0 Å². The molecule has 1 saturated heterocycles. The van der Waals surface area contributed by atoms with E-state index in [2.05, 4.69) is 45.9 Å². The summed E-state index contributed by atoms with van der Waals surface area (Å²) in [5, 5.41) is 21.8. The van der Waals surface area contributed by atoms with E-state index in [-0.39, 0.29) is 50.1 Å². The summed E-state index contributed by atoms with van der Waals surface area (Å²) in [6.45, 7) is 12.6. The Hall–Kier alpha value is -3.64. The van der Waals surface area contributed by atoms with Crippen molar-refractivity contribution < 1.29 is 43.5 Å². The van der Waals surface area contributed by atoms with Crippen LogP contribution in [0.5, 0.6) is 0 Å². The first kappa shape index (κ1) is 44.1. The van der Waals surface area contributed by atoms with Gasteiger partial charge in [-0.15, -0.1) is 0 Å². The van der Waals surface area contributed by atoms with Crippen LogP contribution in [0.25, 0.3) is 0 Å². The number of halogens is 1. The number of nitrogens with zero attached hydrogens (tertiary/aromatic N) is 6. The minimum absolute atomic E-state index is 0.0488. The average Bonchev–Trinajstić information content (AvgIpc) is 3.47. The van der Waals surface area contributed by atoms with Gasteiger partial charge in [0.15, 0.2) is 0 Å². The lowest BCUT2D eigenvalue weighted by Crippen LogP contribution is -2.52. The highest BCUT2D eigenvalue weighted by atomic mass is 35.5. The number of aliphatic hydroxyl groups excluding tert-OH is 1. The number of aromatic nitrogens is 2. The molecule has 2 heterocycles. The highest BCUT2D eigenvalue weighted by Crippen LogP contribution is 2.42. The first-order chi connectivity index (χ1) is 26.5. The number of anilines is 1. The monoisotopic (exact) mass is 791 g/mol. The first-order valence-electron chi connectivity index (χ1n) is 19.0. The van der Waals surface area contributed by atoms with Gasteiger partial charge in [0.25, 0.3) is 0 Å². The Balaban J connectivity index is 1.20. The largest absolute Gasteiger partial charge is 0.465 e. The molecule has 3 amide bonds. The Labute approximate surface area is 329 Å². The fourth-order valence-corrected chi connectivity index (χ4v) is 6.82. The molecule has 2 aromatic rings. The number of aliphatic hydroxyl groups is 1. The molecule has 3 atom stereocenters. The number of hydrogen-bond donors (Lipinski definition) is 3. The number of carbonyl (C=O) groups is 3. The molecule has 1 aromatic carbocycles. The Morgan fingerprint density at radius 3 is 2.16 bits per heavy atom. The van der Waals surface area contributed by atoms with Gasteiger partial charge in [0.1, 0.15) is 18.8 Å². The summed E-state index contributed by atoms with van der Waals surface area (Å²) in [5.41, 5.74) is 2.61. The zero-order valence-electron chi connectivity index (χ0n) is 32.5. The molecule has 1 fully saturated rings. The van der Waals surface area contributed by atoms with E-state index < -0.39 is 18.1 Å². The van der Waals surface area contributed by atoms with E-state index >= 15 is 0 Å². The van der Waals surface area contributed by atoms with Crippen LogP contribution >= 0.6 is 11.6 Å². The maximum atomic E-state index is 14.3. The second kappa shape index (κ2) is 22.8. The molecule has 2 aliphatic rings. The van der Waals surface area contributed by atoms with Crippen molar-refractivity contribution in [2.75, 3.05) is 117 Å². The number of piperazine rings is 1. The van der Waals surface area contributed by atoms with E-state index in [9.17, 15) is 19.5 Å². The molecule has 0 radical (unpaired) electrons. The predicted molar refractivity (Wildman–Crippen MR) is 207 cm³/mol.